The molecule has 0 aromatic carbocycles. The highest BCUT2D eigenvalue weighted by molar-refractivity contribution is 5.87. The van der Waals surface area contributed by atoms with E-state index >= 15 is 0 Å². The summed E-state index contributed by atoms with van der Waals surface area (Å²) in [6, 6.07) is 3.08. The molecule has 0 spiro atoms. The smallest absolute Gasteiger partial charge is 0.354 e. The fraction of sp³-hybridized carbons (Fsp3) is 0.364. The number of hydrogen-bond donors (Lipinski definition) is 1. The molecular weight excluding hydrogens is 208 g/mol. The number of carboxylic acid groups (broad SMARTS) is 1. The largest absolute Gasteiger partial charge is 0.477 e. The third kappa shape index (κ3) is 1.36. The van der Waals surface area contributed by atoms with Crippen molar-refractivity contribution >= 4 is 17.2 Å². The molecule has 1 aliphatic rings. The Bertz CT molecular complexity index is 557. The van der Waals surface area contributed by atoms with Crippen LogP contribution >= 0.6 is 0 Å². The average Bonchev–Trinajstić information content (AvgIpc) is 2.56. The van der Waals surface area contributed by atoms with Crippen LogP contribution in [0.1, 0.15) is 41.6 Å². The number of oxazole rings is 1. The molecule has 2 aromatic rings. The zero-order chi connectivity index (χ0) is 11.1. The van der Waals surface area contributed by atoms with E-state index in [2.05, 4.69) is 9.97 Å². The zero-order valence-electron chi connectivity index (χ0n) is 8.51. The second kappa shape index (κ2) is 3.30. The monoisotopic (exact) mass is 218 g/mol. The van der Waals surface area contributed by atoms with Crippen LogP contribution in [0, 0.1) is 0 Å². The molecule has 1 saturated carbocycles. The van der Waals surface area contributed by atoms with Gasteiger partial charge in [0.1, 0.15) is 5.52 Å². The number of aromatic carboxylic acids is 1. The number of hydrogen-bond acceptors (Lipinski definition) is 4. The van der Waals surface area contributed by atoms with Crippen molar-refractivity contribution in [2.24, 2.45) is 0 Å². The van der Waals surface area contributed by atoms with Crippen molar-refractivity contribution in [3.63, 3.8) is 0 Å². The van der Waals surface area contributed by atoms with Crippen molar-refractivity contribution in [3.8, 4) is 0 Å². The van der Waals surface area contributed by atoms with Crippen LogP contribution in [0.3, 0.4) is 0 Å². The quantitative estimate of drug-likeness (QED) is 0.836. The minimum absolute atomic E-state index is 0.0104. The molecule has 0 radical (unpaired) electrons. The predicted octanol–water partition coefficient (Wildman–Crippen LogP) is 2.19. The Balaban J connectivity index is 2.06. The van der Waals surface area contributed by atoms with Gasteiger partial charge in [0.25, 0.3) is 0 Å². The number of fused-ring (bicyclic) bond motifs is 1. The van der Waals surface area contributed by atoms with Crippen molar-refractivity contribution < 1.29 is 14.3 Å². The van der Waals surface area contributed by atoms with E-state index in [0.29, 0.717) is 23.0 Å². The summed E-state index contributed by atoms with van der Waals surface area (Å²) >= 11 is 0. The second-order valence-corrected chi connectivity index (χ2v) is 4.01. The highest BCUT2D eigenvalue weighted by atomic mass is 16.4. The Kier molecular flexibility index (Phi) is 1.92. The lowest BCUT2D eigenvalue weighted by Gasteiger charge is -2.21. The minimum Gasteiger partial charge on any atom is -0.477 e. The number of aromatic nitrogens is 2. The van der Waals surface area contributed by atoms with Crippen LogP contribution in [0.15, 0.2) is 16.5 Å². The highest BCUT2D eigenvalue weighted by Crippen LogP contribution is 2.36. The molecule has 0 saturated heterocycles. The lowest BCUT2D eigenvalue weighted by atomic mass is 9.85. The molecule has 16 heavy (non-hydrogen) atoms. The van der Waals surface area contributed by atoms with Crippen molar-refractivity contribution in [1.82, 2.24) is 9.97 Å². The number of carboxylic acids is 1. The predicted molar refractivity (Wildman–Crippen MR) is 55.4 cm³/mol. The van der Waals surface area contributed by atoms with E-state index in [0.717, 1.165) is 12.8 Å². The molecule has 5 nitrogen and oxygen atoms in total. The Labute approximate surface area is 91.1 Å². The molecule has 3 rings (SSSR count). The van der Waals surface area contributed by atoms with Crippen LogP contribution in [0.5, 0.6) is 0 Å². The fourth-order valence-electron chi connectivity index (χ4n) is 1.78. The third-order valence-corrected chi connectivity index (χ3v) is 2.95. The first-order valence-corrected chi connectivity index (χ1v) is 5.25. The van der Waals surface area contributed by atoms with E-state index < -0.39 is 5.97 Å². The van der Waals surface area contributed by atoms with Gasteiger partial charge in [0.2, 0.25) is 11.6 Å². The normalized spacial score (nSPS) is 16.2. The van der Waals surface area contributed by atoms with E-state index in [1.165, 1.54) is 12.5 Å². The van der Waals surface area contributed by atoms with Crippen LogP contribution in [0.2, 0.25) is 0 Å². The van der Waals surface area contributed by atoms with Gasteiger partial charge in [0.15, 0.2) is 5.69 Å². The molecule has 5 heteroatoms. The molecule has 82 valence electrons. The SMILES string of the molecule is O=C(O)c1ccc2nc(C3CCC3)oc2n1. The minimum atomic E-state index is -1.05. The molecule has 1 N–H and O–H groups in total. The number of pyridine rings is 1. The van der Waals surface area contributed by atoms with Crippen LogP contribution in [-0.4, -0.2) is 21.0 Å². The van der Waals surface area contributed by atoms with Gasteiger partial charge in [-0.05, 0) is 25.0 Å². The topological polar surface area (TPSA) is 76.2 Å². The summed E-state index contributed by atoms with van der Waals surface area (Å²) < 4.78 is 5.48. The van der Waals surface area contributed by atoms with Gasteiger partial charge in [-0.3, -0.25) is 0 Å². The summed E-state index contributed by atoms with van der Waals surface area (Å²) in [5.74, 6) is 0.0299. The maximum Gasteiger partial charge on any atom is 0.354 e. The highest BCUT2D eigenvalue weighted by Gasteiger charge is 2.25. The van der Waals surface area contributed by atoms with Gasteiger partial charge in [0, 0.05) is 5.92 Å². The van der Waals surface area contributed by atoms with Crippen molar-refractivity contribution in [2.45, 2.75) is 25.2 Å². The molecule has 2 heterocycles. The Morgan fingerprint density at radius 2 is 2.19 bits per heavy atom. The van der Waals surface area contributed by atoms with Gasteiger partial charge in [-0.2, -0.15) is 0 Å². The average molecular weight is 218 g/mol. The van der Waals surface area contributed by atoms with E-state index in [1.54, 1.807) is 6.07 Å². The Hall–Kier alpha value is -1.91. The van der Waals surface area contributed by atoms with Crippen molar-refractivity contribution in [2.75, 3.05) is 0 Å². The summed E-state index contributed by atoms with van der Waals surface area (Å²) in [7, 11) is 0. The summed E-state index contributed by atoms with van der Waals surface area (Å²) in [5, 5.41) is 8.79. The van der Waals surface area contributed by atoms with Gasteiger partial charge < -0.3 is 9.52 Å². The van der Waals surface area contributed by atoms with Crippen molar-refractivity contribution in [3.05, 3.63) is 23.7 Å². The van der Waals surface area contributed by atoms with Crippen LogP contribution in [0.25, 0.3) is 11.2 Å². The molecule has 0 unspecified atom stereocenters. The molecule has 0 aliphatic heterocycles. The molecule has 2 aromatic heterocycles. The van der Waals surface area contributed by atoms with E-state index in [4.69, 9.17) is 9.52 Å². The fourth-order valence-corrected chi connectivity index (χ4v) is 1.78. The van der Waals surface area contributed by atoms with Crippen LogP contribution < -0.4 is 0 Å². The lowest BCUT2D eigenvalue weighted by Crippen LogP contribution is -2.08. The standard InChI is InChI=1S/C11H10N2O3/c14-11(15)8-5-4-7-10(13-8)16-9(12-7)6-2-1-3-6/h4-6H,1-3H2,(H,14,15). The molecule has 1 aliphatic carbocycles. The van der Waals surface area contributed by atoms with Crippen molar-refractivity contribution in [1.29, 1.82) is 0 Å². The first-order valence-electron chi connectivity index (χ1n) is 5.25. The van der Waals surface area contributed by atoms with E-state index in [-0.39, 0.29) is 5.69 Å². The lowest BCUT2D eigenvalue weighted by molar-refractivity contribution is 0.0690. The Morgan fingerprint density at radius 3 is 2.81 bits per heavy atom. The number of carbonyl (C=O) groups is 1. The molecule has 0 amide bonds. The van der Waals surface area contributed by atoms with Crippen LogP contribution in [0.4, 0.5) is 0 Å². The number of rotatable bonds is 2. The third-order valence-electron chi connectivity index (χ3n) is 2.95. The maximum absolute atomic E-state index is 10.7. The van der Waals surface area contributed by atoms with E-state index in [9.17, 15) is 4.79 Å². The summed E-state index contributed by atoms with van der Waals surface area (Å²) in [4.78, 5) is 18.9. The van der Waals surface area contributed by atoms with E-state index in [1.807, 2.05) is 0 Å². The molecular formula is C11H10N2O3. The summed E-state index contributed by atoms with van der Waals surface area (Å²) in [5.41, 5.74) is 0.942. The first kappa shape index (κ1) is 9.33. The second-order valence-electron chi connectivity index (χ2n) is 4.01. The van der Waals surface area contributed by atoms with Gasteiger partial charge in [-0.1, -0.05) is 6.42 Å². The van der Waals surface area contributed by atoms with Crippen LogP contribution in [-0.2, 0) is 0 Å². The van der Waals surface area contributed by atoms with Gasteiger partial charge >= 0.3 is 5.97 Å². The number of nitrogens with zero attached hydrogens (tertiary/aromatic N) is 2. The van der Waals surface area contributed by atoms with Gasteiger partial charge in [-0.15, -0.1) is 0 Å². The maximum atomic E-state index is 10.7. The van der Waals surface area contributed by atoms with Gasteiger partial charge in [0.05, 0.1) is 0 Å². The Morgan fingerprint density at radius 1 is 1.38 bits per heavy atom. The molecule has 0 atom stereocenters. The van der Waals surface area contributed by atoms with Gasteiger partial charge in [-0.25, -0.2) is 14.8 Å². The summed E-state index contributed by atoms with van der Waals surface area (Å²) in [6.45, 7) is 0. The summed E-state index contributed by atoms with van der Waals surface area (Å²) in [6.07, 6.45) is 3.40. The molecule has 1 fully saturated rings. The first-order chi connectivity index (χ1) is 7.74. The molecule has 0 bridgehead atoms. The zero-order valence-corrected chi connectivity index (χ0v) is 8.51.